The Kier molecular flexibility index (Phi) is 6.20. The van der Waals surface area contributed by atoms with Crippen molar-refractivity contribution in [2.24, 2.45) is 0 Å². The molecule has 0 spiro atoms. The van der Waals surface area contributed by atoms with Gasteiger partial charge in [0.05, 0.1) is 19.9 Å². The van der Waals surface area contributed by atoms with Crippen molar-refractivity contribution in [1.29, 1.82) is 0 Å². The number of hydrogen-bond donors (Lipinski definition) is 1. The first-order chi connectivity index (χ1) is 14.6. The van der Waals surface area contributed by atoms with Crippen LogP contribution in [0.5, 0.6) is 5.75 Å². The van der Waals surface area contributed by atoms with E-state index in [4.69, 9.17) is 9.15 Å². The summed E-state index contributed by atoms with van der Waals surface area (Å²) >= 11 is 1.27. The van der Waals surface area contributed by atoms with Gasteiger partial charge in [0.15, 0.2) is 11.5 Å². The van der Waals surface area contributed by atoms with E-state index in [0.29, 0.717) is 29.4 Å². The number of aromatic nitrogens is 2. The Morgan fingerprint density at radius 2 is 2.10 bits per heavy atom. The van der Waals surface area contributed by atoms with Gasteiger partial charge in [-0.3, -0.25) is 14.5 Å². The van der Waals surface area contributed by atoms with Crippen LogP contribution in [-0.2, 0) is 6.54 Å². The number of hydrogen-bond acceptors (Lipinski definition) is 8. The Labute approximate surface area is 177 Å². The maximum absolute atomic E-state index is 12.5. The normalized spacial score (nSPS) is 16.5. The molecule has 1 aromatic carbocycles. The van der Waals surface area contributed by atoms with Crippen molar-refractivity contribution >= 4 is 28.7 Å². The quantitative estimate of drug-likeness (QED) is 0.549. The zero-order chi connectivity index (χ0) is 20.9. The van der Waals surface area contributed by atoms with Gasteiger partial charge in [-0.15, -0.1) is 10.2 Å². The second-order valence-electron chi connectivity index (χ2n) is 7.05. The van der Waals surface area contributed by atoms with E-state index in [0.717, 1.165) is 30.1 Å². The van der Waals surface area contributed by atoms with Crippen molar-refractivity contribution in [2.75, 3.05) is 19.0 Å². The number of ether oxygens (including phenoxy) is 1. The highest BCUT2D eigenvalue weighted by atomic mass is 32.1. The minimum Gasteiger partial charge on any atom is -0.497 e. The van der Waals surface area contributed by atoms with Crippen LogP contribution in [0.3, 0.4) is 0 Å². The maximum Gasteiger partial charge on any atom is 0.286 e. The minimum atomic E-state index is -0.296. The number of ketones is 1. The summed E-state index contributed by atoms with van der Waals surface area (Å²) in [5, 5.41) is 12.1. The van der Waals surface area contributed by atoms with E-state index in [1.807, 2.05) is 0 Å². The van der Waals surface area contributed by atoms with Gasteiger partial charge in [0.1, 0.15) is 10.8 Å². The summed E-state index contributed by atoms with van der Waals surface area (Å²) in [6.07, 6.45) is 3.91. The predicted octanol–water partition coefficient (Wildman–Crippen LogP) is 3.63. The van der Waals surface area contributed by atoms with E-state index in [2.05, 4.69) is 20.4 Å². The molecule has 0 radical (unpaired) electrons. The van der Waals surface area contributed by atoms with Crippen molar-refractivity contribution in [3.63, 3.8) is 0 Å². The van der Waals surface area contributed by atoms with Crippen LogP contribution in [0.2, 0.25) is 0 Å². The van der Waals surface area contributed by atoms with Crippen LogP contribution in [-0.4, -0.2) is 46.5 Å². The minimum absolute atomic E-state index is 0.00808. The number of carbonyl (C=O) groups is 2. The number of carbonyl (C=O) groups excluding carboxylic acids is 2. The Balaban J connectivity index is 1.35. The summed E-state index contributed by atoms with van der Waals surface area (Å²) in [6.45, 7) is 1.46. The molecule has 0 aliphatic carbocycles. The summed E-state index contributed by atoms with van der Waals surface area (Å²) in [5.74, 6) is 0.829. The number of anilines is 1. The highest BCUT2D eigenvalue weighted by Crippen LogP contribution is 2.25. The highest BCUT2D eigenvalue weighted by molar-refractivity contribution is 7.13. The molecule has 4 rings (SSSR count). The Hall–Kier alpha value is -3.04. The molecule has 1 aliphatic rings. The first kappa shape index (κ1) is 20.2. The average Bonchev–Trinajstić information content (AvgIpc) is 3.52. The second-order valence-corrected chi connectivity index (χ2v) is 8.12. The SMILES string of the molecule is COc1ccc(NC(=O)c2nnc(CN3CCC[C@H]3CC(=O)c3ccco3)s2)cc1. The molecule has 3 aromatic rings. The van der Waals surface area contributed by atoms with E-state index in [9.17, 15) is 9.59 Å². The number of nitrogens with one attached hydrogen (secondary N) is 1. The van der Waals surface area contributed by atoms with E-state index in [1.54, 1.807) is 43.5 Å². The fourth-order valence-electron chi connectivity index (χ4n) is 3.53. The van der Waals surface area contributed by atoms with Gasteiger partial charge in [-0.2, -0.15) is 0 Å². The van der Waals surface area contributed by atoms with Crippen molar-refractivity contribution < 1.29 is 18.7 Å². The lowest BCUT2D eigenvalue weighted by atomic mass is 10.1. The zero-order valence-corrected chi connectivity index (χ0v) is 17.4. The molecule has 30 heavy (non-hydrogen) atoms. The molecule has 0 unspecified atom stereocenters. The van der Waals surface area contributed by atoms with E-state index >= 15 is 0 Å². The molecule has 2 aromatic heterocycles. The zero-order valence-electron chi connectivity index (χ0n) is 16.5. The summed E-state index contributed by atoms with van der Waals surface area (Å²) < 4.78 is 10.3. The summed E-state index contributed by atoms with van der Waals surface area (Å²) in [7, 11) is 1.59. The molecule has 1 amide bonds. The molecule has 1 fully saturated rings. The summed E-state index contributed by atoms with van der Waals surface area (Å²) in [6, 6.07) is 10.6. The molecule has 1 N–H and O–H groups in total. The van der Waals surface area contributed by atoms with Crippen molar-refractivity contribution in [1.82, 2.24) is 15.1 Å². The smallest absolute Gasteiger partial charge is 0.286 e. The molecule has 1 aliphatic heterocycles. The lowest BCUT2D eigenvalue weighted by molar-refractivity contribution is 0.0910. The van der Waals surface area contributed by atoms with Crippen LogP contribution in [0.15, 0.2) is 47.1 Å². The largest absolute Gasteiger partial charge is 0.497 e. The third kappa shape index (κ3) is 4.74. The number of Topliss-reactive ketones (excluding diaryl/α,β-unsaturated/α-hetero) is 1. The lowest BCUT2D eigenvalue weighted by Crippen LogP contribution is -2.30. The van der Waals surface area contributed by atoms with Crippen LogP contribution in [0.1, 0.15) is 44.6 Å². The van der Waals surface area contributed by atoms with Crippen molar-refractivity contribution in [3.8, 4) is 5.75 Å². The second kappa shape index (κ2) is 9.19. The van der Waals surface area contributed by atoms with Gasteiger partial charge in [-0.25, -0.2) is 0 Å². The average molecular weight is 426 g/mol. The fourth-order valence-corrected chi connectivity index (χ4v) is 4.29. The maximum atomic E-state index is 12.5. The first-order valence-electron chi connectivity index (χ1n) is 9.71. The molecule has 0 saturated carbocycles. The van der Waals surface area contributed by atoms with Crippen molar-refractivity contribution in [3.05, 3.63) is 58.4 Å². The third-order valence-corrected chi connectivity index (χ3v) is 5.97. The van der Waals surface area contributed by atoms with Crippen LogP contribution in [0.25, 0.3) is 0 Å². The van der Waals surface area contributed by atoms with Crippen LogP contribution >= 0.6 is 11.3 Å². The first-order valence-corrected chi connectivity index (χ1v) is 10.5. The topological polar surface area (TPSA) is 97.6 Å². The Bertz CT molecular complexity index is 1000. The van der Waals surface area contributed by atoms with Gasteiger partial charge >= 0.3 is 0 Å². The number of likely N-dealkylation sites (tertiary alicyclic amines) is 1. The van der Waals surface area contributed by atoms with Crippen molar-refractivity contribution in [2.45, 2.75) is 31.8 Å². The van der Waals surface area contributed by atoms with E-state index in [1.165, 1.54) is 17.6 Å². The molecule has 0 bridgehead atoms. The molecule has 156 valence electrons. The number of amides is 1. The molecular formula is C21H22N4O4S. The monoisotopic (exact) mass is 426 g/mol. The number of furan rings is 1. The fraction of sp³-hybridized carbons (Fsp3) is 0.333. The molecule has 1 saturated heterocycles. The Morgan fingerprint density at radius 1 is 1.27 bits per heavy atom. The number of benzene rings is 1. The third-order valence-electron chi connectivity index (χ3n) is 5.06. The van der Waals surface area contributed by atoms with Gasteiger partial charge in [-0.1, -0.05) is 11.3 Å². The van der Waals surface area contributed by atoms with Crippen LogP contribution < -0.4 is 10.1 Å². The van der Waals surface area contributed by atoms with Gasteiger partial charge in [-0.05, 0) is 55.8 Å². The summed E-state index contributed by atoms with van der Waals surface area (Å²) in [4.78, 5) is 27.0. The molecule has 1 atom stereocenters. The Morgan fingerprint density at radius 3 is 2.83 bits per heavy atom. The molecule has 8 nitrogen and oxygen atoms in total. The van der Waals surface area contributed by atoms with Crippen LogP contribution in [0, 0.1) is 0 Å². The number of nitrogens with zero attached hydrogens (tertiary/aromatic N) is 3. The number of methoxy groups -OCH3 is 1. The number of rotatable bonds is 8. The predicted molar refractivity (Wildman–Crippen MR) is 112 cm³/mol. The van der Waals surface area contributed by atoms with Gasteiger partial charge in [0, 0.05) is 18.2 Å². The van der Waals surface area contributed by atoms with Gasteiger partial charge in [0.2, 0.25) is 5.01 Å². The van der Waals surface area contributed by atoms with Crippen LogP contribution in [0.4, 0.5) is 5.69 Å². The lowest BCUT2D eigenvalue weighted by Gasteiger charge is -2.22. The molecular weight excluding hydrogens is 404 g/mol. The molecule has 9 heteroatoms. The standard InChI is InChI=1S/C21H22N4O4S/c1-28-16-8-6-14(7-9-16)22-20(27)21-24-23-19(30-21)13-25-10-2-4-15(25)12-17(26)18-5-3-11-29-18/h3,5-9,11,15H,2,4,10,12-13H2,1H3,(H,22,27)/t15-/m0/s1. The van der Waals surface area contributed by atoms with Gasteiger partial charge in [0.25, 0.3) is 5.91 Å². The molecule has 3 heterocycles. The highest BCUT2D eigenvalue weighted by Gasteiger charge is 2.29. The van der Waals surface area contributed by atoms with E-state index in [-0.39, 0.29) is 17.7 Å². The van der Waals surface area contributed by atoms with E-state index < -0.39 is 0 Å². The van der Waals surface area contributed by atoms with Gasteiger partial charge < -0.3 is 14.5 Å². The summed E-state index contributed by atoms with van der Waals surface area (Å²) in [5.41, 5.74) is 0.661.